The summed E-state index contributed by atoms with van der Waals surface area (Å²) in [5.41, 5.74) is 7.79. The van der Waals surface area contributed by atoms with E-state index in [9.17, 15) is 14.4 Å². The van der Waals surface area contributed by atoms with Gasteiger partial charge in [0, 0.05) is 25.7 Å². The first-order chi connectivity index (χ1) is 18.3. The molecule has 38 heavy (non-hydrogen) atoms. The molecule has 0 bridgehead atoms. The van der Waals surface area contributed by atoms with Gasteiger partial charge in [-0.3, -0.25) is 14.4 Å². The third kappa shape index (κ3) is 8.98. The Bertz CT molecular complexity index is 1060. The summed E-state index contributed by atoms with van der Waals surface area (Å²) in [6.07, 6.45) is 10.6. The van der Waals surface area contributed by atoms with Crippen molar-refractivity contribution >= 4 is 39.0 Å². The van der Waals surface area contributed by atoms with Crippen LogP contribution in [0.25, 0.3) is 10.2 Å². The van der Waals surface area contributed by atoms with Gasteiger partial charge in [0.05, 0.1) is 27.2 Å². The highest BCUT2D eigenvalue weighted by atomic mass is 32.1. The minimum Gasteiger partial charge on any atom is -0.346 e. The van der Waals surface area contributed by atoms with Crippen molar-refractivity contribution in [1.82, 2.24) is 10.3 Å². The maximum absolute atomic E-state index is 13.7. The number of benzene rings is 1. The number of nitrogens with two attached hydrogens (primary N) is 1. The van der Waals surface area contributed by atoms with E-state index >= 15 is 0 Å². The van der Waals surface area contributed by atoms with Gasteiger partial charge in [-0.15, -0.1) is 11.3 Å². The molecule has 1 aliphatic rings. The van der Waals surface area contributed by atoms with Gasteiger partial charge in [0.1, 0.15) is 5.78 Å². The molecule has 0 saturated heterocycles. The maximum atomic E-state index is 13.7. The Morgan fingerprint density at radius 1 is 1.08 bits per heavy atom. The van der Waals surface area contributed by atoms with E-state index in [4.69, 9.17) is 10.7 Å². The Morgan fingerprint density at radius 2 is 1.82 bits per heavy atom. The lowest BCUT2D eigenvalue weighted by Crippen LogP contribution is -2.49. The Morgan fingerprint density at radius 3 is 2.50 bits per heavy atom. The molecule has 6 nitrogen and oxygen atoms in total. The third-order valence-corrected chi connectivity index (χ3v) is 8.97. The molecule has 7 heteroatoms. The molecule has 2 atom stereocenters. The molecule has 0 unspecified atom stereocenters. The van der Waals surface area contributed by atoms with Gasteiger partial charge >= 0.3 is 0 Å². The highest BCUT2D eigenvalue weighted by Crippen LogP contribution is 2.30. The molecule has 1 amide bonds. The fourth-order valence-corrected chi connectivity index (χ4v) is 6.57. The van der Waals surface area contributed by atoms with Crippen LogP contribution in [0.4, 0.5) is 0 Å². The number of thiazole rings is 1. The molecular weight excluding hydrogens is 494 g/mol. The van der Waals surface area contributed by atoms with E-state index in [0.29, 0.717) is 31.7 Å². The van der Waals surface area contributed by atoms with Gasteiger partial charge in [-0.2, -0.15) is 0 Å². The Hall–Kier alpha value is -2.12. The van der Waals surface area contributed by atoms with Crippen molar-refractivity contribution in [3.8, 4) is 0 Å². The number of rotatable bonds is 16. The minimum atomic E-state index is -0.518. The van der Waals surface area contributed by atoms with Crippen LogP contribution < -0.4 is 11.1 Å². The van der Waals surface area contributed by atoms with Gasteiger partial charge in [0.15, 0.2) is 5.78 Å². The molecule has 0 aliphatic heterocycles. The largest absolute Gasteiger partial charge is 0.346 e. The lowest BCUT2D eigenvalue weighted by molar-refractivity contribution is -0.133. The number of ketones is 2. The molecule has 1 heterocycles. The van der Waals surface area contributed by atoms with Crippen LogP contribution in [0.3, 0.4) is 0 Å². The van der Waals surface area contributed by atoms with E-state index in [1.807, 2.05) is 13.0 Å². The number of aromatic nitrogens is 1. The van der Waals surface area contributed by atoms with Crippen molar-refractivity contribution in [2.45, 2.75) is 116 Å². The first-order valence-electron chi connectivity index (χ1n) is 14.8. The van der Waals surface area contributed by atoms with Gasteiger partial charge in [-0.1, -0.05) is 58.9 Å². The van der Waals surface area contributed by atoms with E-state index in [2.05, 4.69) is 31.3 Å². The lowest BCUT2D eigenvalue weighted by Gasteiger charge is -2.31. The summed E-state index contributed by atoms with van der Waals surface area (Å²) in [7, 11) is 0. The fourth-order valence-electron chi connectivity index (χ4n) is 5.48. The Kier molecular flexibility index (Phi) is 12.4. The first-order valence-corrected chi connectivity index (χ1v) is 15.6. The van der Waals surface area contributed by atoms with Crippen LogP contribution >= 0.6 is 11.3 Å². The Labute approximate surface area is 232 Å². The van der Waals surface area contributed by atoms with Crippen molar-refractivity contribution in [3.63, 3.8) is 0 Å². The second-order valence-corrected chi connectivity index (χ2v) is 12.4. The van der Waals surface area contributed by atoms with Crippen LogP contribution in [0.5, 0.6) is 0 Å². The van der Waals surface area contributed by atoms with Gasteiger partial charge in [-0.05, 0) is 61.8 Å². The number of fused-ring (bicyclic) bond motifs is 1. The highest BCUT2D eigenvalue weighted by molar-refractivity contribution is 7.18. The fraction of sp³-hybridized carbons (Fsp3) is 0.677. The number of Topliss-reactive ketones (excluding diaryl/α,β-unsaturated/α-hetero) is 2. The minimum absolute atomic E-state index is 0.0637. The molecule has 3 N–H and O–H groups in total. The topological polar surface area (TPSA) is 102 Å². The standard InChI is InChI=1S/C31H47N3O3S/c1-4-25(35)18-24(20-29-33-26-16-15-23(21(2)3)19-28(26)38-29)31(37)34-30(22-12-8-7-9-13-22)27(36)14-10-5-6-11-17-32/h15-16,19,21-22,24,30H,4-14,17-18,20,32H2,1-3H3,(H,34,37)/t24-,30-/m0/s1. The molecule has 1 fully saturated rings. The van der Waals surface area contributed by atoms with E-state index in [0.717, 1.165) is 66.6 Å². The summed E-state index contributed by atoms with van der Waals surface area (Å²) in [5, 5.41) is 4.03. The number of nitrogens with zero attached hydrogens (tertiary/aromatic N) is 1. The van der Waals surface area contributed by atoms with E-state index < -0.39 is 12.0 Å². The van der Waals surface area contributed by atoms with Gasteiger partial charge in [-0.25, -0.2) is 4.98 Å². The number of unbranched alkanes of at least 4 members (excludes halogenated alkanes) is 3. The van der Waals surface area contributed by atoms with Crippen LogP contribution in [-0.4, -0.2) is 35.0 Å². The van der Waals surface area contributed by atoms with Crippen molar-refractivity contribution in [2.24, 2.45) is 17.6 Å². The summed E-state index contributed by atoms with van der Waals surface area (Å²) < 4.78 is 1.11. The summed E-state index contributed by atoms with van der Waals surface area (Å²) in [6, 6.07) is 5.87. The molecular formula is C31H47N3O3S. The zero-order chi connectivity index (χ0) is 27.5. The molecule has 3 rings (SSSR count). The Balaban J connectivity index is 1.75. The summed E-state index contributed by atoms with van der Waals surface area (Å²) in [5.74, 6) is 0.120. The van der Waals surface area contributed by atoms with E-state index in [-0.39, 0.29) is 29.8 Å². The normalized spacial score (nSPS) is 16.0. The predicted molar refractivity (Wildman–Crippen MR) is 156 cm³/mol. The van der Waals surface area contributed by atoms with Gasteiger partial charge < -0.3 is 11.1 Å². The molecule has 1 aliphatic carbocycles. The molecule has 0 spiro atoms. The number of amides is 1. The van der Waals surface area contributed by atoms with E-state index in [1.54, 1.807) is 11.3 Å². The van der Waals surface area contributed by atoms with Gasteiger partial charge in [0.2, 0.25) is 5.91 Å². The zero-order valence-electron chi connectivity index (χ0n) is 23.6. The first kappa shape index (κ1) is 30.4. The number of hydrogen-bond donors (Lipinski definition) is 2. The van der Waals surface area contributed by atoms with Crippen LogP contribution in [0.1, 0.15) is 114 Å². The summed E-state index contributed by atoms with van der Waals surface area (Å²) in [6.45, 7) is 6.86. The number of carbonyl (C=O) groups is 3. The van der Waals surface area contributed by atoms with Crippen LogP contribution in [-0.2, 0) is 20.8 Å². The molecule has 1 aromatic heterocycles. The van der Waals surface area contributed by atoms with Crippen LogP contribution in [0.2, 0.25) is 0 Å². The van der Waals surface area contributed by atoms with Crippen molar-refractivity contribution in [1.29, 1.82) is 0 Å². The van der Waals surface area contributed by atoms with Crippen LogP contribution in [0.15, 0.2) is 18.2 Å². The van der Waals surface area contributed by atoms with Crippen LogP contribution in [0, 0.1) is 11.8 Å². The maximum Gasteiger partial charge on any atom is 0.224 e. The molecule has 2 aromatic rings. The molecule has 1 aromatic carbocycles. The smallest absolute Gasteiger partial charge is 0.224 e. The van der Waals surface area contributed by atoms with Crippen molar-refractivity contribution < 1.29 is 14.4 Å². The predicted octanol–water partition coefficient (Wildman–Crippen LogP) is 6.49. The number of nitrogens with one attached hydrogen (secondary N) is 1. The highest BCUT2D eigenvalue weighted by Gasteiger charge is 2.33. The molecule has 210 valence electrons. The van der Waals surface area contributed by atoms with Crippen molar-refractivity contribution in [3.05, 3.63) is 28.8 Å². The molecule has 1 saturated carbocycles. The zero-order valence-corrected chi connectivity index (χ0v) is 24.4. The molecule has 0 radical (unpaired) electrons. The average molecular weight is 542 g/mol. The van der Waals surface area contributed by atoms with Gasteiger partial charge in [0.25, 0.3) is 0 Å². The van der Waals surface area contributed by atoms with E-state index in [1.165, 1.54) is 12.0 Å². The lowest BCUT2D eigenvalue weighted by atomic mass is 9.81. The SMILES string of the molecule is CCC(=O)C[C@@H](Cc1nc2ccc(C(C)C)cc2s1)C(=O)N[C@H](C(=O)CCCCCCN)C1CCCCC1. The number of carbonyl (C=O) groups excluding carboxylic acids is 3. The second kappa shape index (κ2) is 15.5. The van der Waals surface area contributed by atoms with Crippen molar-refractivity contribution in [2.75, 3.05) is 6.54 Å². The summed E-state index contributed by atoms with van der Waals surface area (Å²) in [4.78, 5) is 44.3. The average Bonchev–Trinajstić information content (AvgIpc) is 3.33. The second-order valence-electron chi connectivity index (χ2n) is 11.3. The quantitative estimate of drug-likeness (QED) is 0.236. The monoisotopic (exact) mass is 541 g/mol. The third-order valence-electron chi connectivity index (χ3n) is 7.93. The number of hydrogen-bond acceptors (Lipinski definition) is 6. The summed E-state index contributed by atoms with van der Waals surface area (Å²) >= 11 is 1.60.